The van der Waals surface area contributed by atoms with Crippen LogP contribution >= 0.6 is 11.6 Å². The Kier molecular flexibility index (Phi) is 5.43. The molecule has 4 rings (SSSR count). The van der Waals surface area contributed by atoms with Gasteiger partial charge in [0.1, 0.15) is 17.6 Å². The Morgan fingerprint density at radius 3 is 3.04 bits per heavy atom. The summed E-state index contributed by atoms with van der Waals surface area (Å²) in [5.41, 5.74) is 1.20. The zero-order chi connectivity index (χ0) is 18.8. The number of nitrogens with one attached hydrogen (secondary N) is 1. The number of aromatic nitrogens is 2. The number of ether oxygens (including phenoxy) is 1. The Balaban J connectivity index is 1.45. The van der Waals surface area contributed by atoms with Crippen molar-refractivity contribution in [1.29, 1.82) is 0 Å². The minimum absolute atomic E-state index is 0.0550. The Morgan fingerprint density at radius 1 is 1.37 bits per heavy atom. The molecule has 1 aromatic heterocycles. The Labute approximate surface area is 162 Å². The van der Waals surface area contributed by atoms with Gasteiger partial charge in [0.2, 0.25) is 0 Å². The van der Waals surface area contributed by atoms with Gasteiger partial charge in [-0.25, -0.2) is 4.39 Å². The van der Waals surface area contributed by atoms with Gasteiger partial charge in [0.15, 0.2) is 0 Å². The van der Waals surface area contributed by atoms with Crippen molar-refractivity contribution in [2.24, 2.45) is 0 Å². The first-order valence-corrected chi connectivity index (χ1v) is 9.61. The number of carbonyl (C=O) groups excluding carboxylic acids is 1. The van der Waals surface area contributed by atoms with Gasteiger partial charge in [-0.1, -0.05) is 17.7 Å². The lowest BCUT2D eigenvalue weighted by Gasteiger charge is -2.33. The molecule has 144 valence electrons. The summed E-state index contributed by atoms with van der Waals surface area (Å²) in [4.78, 5) is 14.6. The average molecular weight is 393 g/mol. The van der Waals surface area contributed by atoms with Crippen LogP contribution in [0, 0.1) is 5.82 Å². The van der Waals surface area contributed by atoms with Gasteiger partial charge in [0.25, 0.3) is 5.91 Å². The third-order valence-corrected chi connectivity index (χ3v) is 5.43. The van der Waals surface area contributed by atoms with Gasteiger partial charge in [-0.15, -0.1) is 0 Å². The molecule has 2 aromatic rings. The van der Waals surface area contributed by atoms with E-state index >= 15 is 0 Å². The molecule has 1 amide bonds. The Morgan fingerprint density at radius 2 is 2.26 bits per heavy atom. The van der Waals surface area contributed by atoms with Crippen molar-refractivity contribution in [3.05, 3.63) is 52.6 Å². The highest BCUT2D eigenvalue weighted by Crippen LogP contribution is 2.27. The van der Waals surface area contributed by atoms with E-state index in [0.717, 1.165) is 31.5 Å². The van der Waals surface area contributed by atoms with E-state index in [0.29, 0.717) is 31.4 Å². The first kappa shape index (κ1) is 18.4. The standard InChI is InChI=1S/C19H22ClFN4O2/c20-15-10-13(3-4-16(15)21)18-12-24(8-9-27-18)19(26)17-5-7-25(23-17)14-2-1-6-22-11-14/h3-5,7,10,14,18,22H,1-2,6,8-9,11-12H2. The maximum absolute atomic E-state index is 13.4. The van der Waals surface area contributed by atoms with Gasteiger partial charge < -0.3 is 15.0 Å². The van der Waals surface area contributed by atoms with Gasteiger partial charge in [0, 0.05) is 19.3 Å². The molecule has 2 saturated heterocycles. The predicted octanol–water partition coefficient (Wildman–Crippen LogP) is 2.81. The van der Waals surface area contributed by atoms with Gasteiger partial charge >= 0.3 is 0 Å². The predicted molar refractivity (Wildman–Crippen MR) is 99.4 cm³/mol. The zero-order valence-corrected chi connectivity index (χ0v) is 15.7. The van der Waals surface area contributed by atoms with E-state index in [1.54, 1.807) is 23.1 Å². The second kappa shape index (κ2) is 7.96. The van der Waals surface area contributed by atoms with E-state index in [1.165, 1.54) is 6.07 Å². The fourth-order valence-electron chi connectivity index (χ4n) is 3.62. The Bertz CT molecular complexity index is 822. The molecule has 2 fully saturated rings. The molecule has 6 nitrogen and oxygen atoms in total. The lowest BCUT2D eigenvalue weighted by atomic mass is 10.1. The van der Waals surface area contributed by atoms with E-state index < -0.39 is 5.82 Å². The number of nitrogens with zero attached hydrogens (tertiary/aromatic N) is 3. The maximum atomic E-state index is 13.4. The summed E-state index contributed by atoms with van der Waals surface area (Å²) in [5.74, 6) is -0.578. The molecule has 3 heterocycles. The molecule has 1 aromatic carbocycles. The number of halogens is 2. The minimum Gasteiger partial charge on any atom is -0.370 e. The van der Waals surface area contributed by atoms with Gasteiger partial charge in [-0.05, 0) is 43.1 Å². The van der Waals surface area contributed by atoms with Crippen LogP contribution in [0.3, 0.4) is 0 Å². The summed E-state index contributed by atoms with van der Waals surface area (Å²) in [6.45, 7) is 3.21. The summed E-state index contributed by atoms with van der Waals surface area (Å²) in [6, 6.07) is 6.59. The normalized spacial score (nSPS) is 23.4. The average Bonchev–Trinajstić information content (AvgIpc) is 3.20. The van der Waals surface area contributed by atoms with Crippen molar-refractivity contribution in [2.75, 3.05) is 32.8 Å². The first-order valence-electron chi connectivity index (χ1n) is 9.23. The largest absolute Gasteiger partial charge is 0.370 e. The van der Waals surface area contributed by atoms with E-state index in [2.05, 4.69) is 10.4 Å². The lowest BCUT2D eigenvalue weighted by molar-refractivity contribution is -0.0230. The van der Waals surface area contributed by atoms with Crippen LogP contribution in [0.4, 0.5) is 4.39 Å². The molecule has 2 unspecified atom stereocenters. The lowest BCUT2D eigenvalue weighted by Crippen LogP contribution is -2.42. The van der Waals surface area contributed by atoms with Crippen LogP contribution in [0.15, 0.2) is 30.5 Å². The van der Waals surface area contributed by atoms with Crippen LogP contribution in [0.1, 0.15) is 41.0 Å². The topological polar surface area (TPSA) is 59.4 Å². The van der Waals surface area contributed by atoms with Gasteiger partial charge in [-0.2, -0.15) is 5.10 Å². The van der Waals surface area contributed by atoms with E-state index in [4.69, 9.17) is 16.3 Å². The highest BCUT2D eigenvalue weighted by Gasteiger charge is 2.28. The highest BCUT2D eigenvalue weighted by atomic mass is 35.5. The number of morpholine rings is 1. The molecule has 8 heteroatoms. The summed E-state index contributed by atoms with van der Waals surface area (Å²) in [6.07, 6.45) is 3.72. The van der Waals surface area contributed by atoms with Crippen molar-refractivity contribution in [1.82, 2.24) is 20.0 Å². The molecule has 0 spiro atoms. The summed E-state index contributed by atoms with van der Waals surface area (Å²) >= 11 is 5.88. The number of hydrogen-bond acceptors (Lipinski definition) is 4. The number of carbonyl (C=O) groups is 1. The third-order valence-electron chi connectivity index (χ3n) is 5.14. The zero-order valence-electron chi connectivity index (χ0n) is 14.9. The van der Waals surface area contributed by atoms with E-state index in [9.17, 15) is 9.18 Å². The first-order chi connectivity index (χ1) is 13.1. The van der Waals surface area contributed by atoms with Crippen LogP contribution in [-0.2, 0) is 4.74 Å². The number of rotatable bonds is 3. The maximum Gasteiger partial charge on any atom is 0.274 e. The van der Waals surface area contributed by atoms with Crippen molar-refractivity contribution in [3.63, 3.8) is 0 Å². The third kappa shape index (κ3) is 4.00. The molecule has 0 aliphatic carbocycles. The molecule has 0 saturated carbocycles. The van der Waals surface area contributed by atoms with Crippen molar-refractivity contribution >= 4 is 17.5 Å². The van der Waals surface area contributed by atoms with Crippen LogP contribution < -0.4 is 5.32 Å². The van der Waals surface area contributed by atoms with Gasteiger partial charge in [0.05, 0.1) is 24.2 Å². The molecule has 1 N–H and O–H groups in total. The fourth-order valence-corrected chi connectivity index (χ4v) is 3.81. The van der Waals surface area contributed by atoms with E-state index in [1.807, 2.05) is 10.9 Å². The molecule has 27 heavy (non-hydrogen) atoms. The SMILES string of the molecule is O=C(c1ccn(C2CCCNC2)n1)N1CCOC(c2ccc(F)c(Cl)c2)C1. The van der Waals surface area contributed by atoms with Crippen molar-refractivity contribution in [2.45, 2.75) is 25.0 Å². The van der Waals surface area contributed by atoms with Crippen LogP contribution in [0.2, 0.25) is 5.02 Å². The van der Waals surface area contributed by atoms with Gasteiger partial charge in [-0.3, -0.25) is 9.48 Å². The smallest absolute Gasteiger partial charge is 0.274 e. The van der Waals surface area contributed by atoms with Crippen molar-refractivity contribution in [3.8, 4) is 0 Å². The second-order valence-corrected chi connectivity index (χ2v) is 7.37. The van der Waals surface area contributed by atoms with Crippen LogP contribution in [0.5, 0.6) is 0 Å². The summed E-state index contributed by atoms with van der Waals surface area (Å²) in [7, 11) is 0. The molecular weight excluding hydrogens is 371 g/mol. The number of piperidine rings is 1. The molecule has 0 bridgehead atoms. The second-order valence-electron chi connectivity index (χ2n) is 6.97. The number of hydrogen-bond donors (Lipinski definition) is 1. The quantitative estimate of drug-likeness (QED) is 0.872. The monoisotopic (exact) mass is 392 g/mol. The molecule has 0 radical (unpaired) electrons. The van der Waals surface area contributed by atoms with Crippen LogP contribution in [0.25, 0.3) is 0 Å². The number of benzene rings is 1. The summed E-state index contributed by atoms with van der Waals surface area (Å²) < 4.78 is 21.0. The molecule has 2 aliphatic heterocycles. The fraction of sp³-hybridized carbons (Fsp3) is 0.474. The molecule has 2 aliphatic rings. The molecular formula is C19H22ClFN4O2. The summed E-state index contributed by atoms with van der Waals surface area (Å²) in [5, 5.41) is 7.92. The van der Waals surface area contributed by atoms with E-state index in [-0.39, 0.29) is 17.0 Å². The Hall–Kier alpha value is -1.96. The minimum atomic E-state index is -0.466. The highest BCUT2D eigenvalue weighted by molar-refractivity contribution is 6.30. The number of amides is 1. The van der Waals surface area contributed by atoms with Crippen molar-refractivity contribution < 1.29 is 13.9 Å². The van der Waals surface area contributed by atoms with Crippen LogP contribution in [-0.4, -0.2) is 53.4 Å². The molecule has 2 atom stereocenters.